The summed E-state index contributed by atoms with van der Waals surface area (Å²) >= 11 is 0. The molecular formula is C23H32N5O7PSi. The van der Waals surface area contributed by atoms with Crippen LogP contribution in [-0.4, -0.2) is 64.8 Å². The van der Waals surface area contributed by atoms with Gasteiger partial charge >= 0.3 is 8.25 Å². The van der Waals surface area contributed by atoms with E-state index in [0.717, 1.165) is 0 Å². The van der Waals surface area contributed by atoms with Crippen molar-refractivity contribution in [3.8, 4) is 0 Å². The molecule has 1 amide bonds. The molecule has 37 heavy (non-hydrogen) atoms. The van der Waals surface area contributed by atoms with Gasteiger partial charge in [0.05, 0.1) is 19.5 Å². The summed E-state index contributed by atoms with van der Waals surface area (Å²) in [6, 6.07) is 8.69. The number of aliphatic hydroxyl groups is 1. The molecule has 200 valence electrons. The van der Waals surface area contributed by atoms with Crippen molar-refractivity contribution in [2.45, 2.75) is 51.2 Å². The summed E-state index contributed by atoms with van der Waals surface area (Å²) in [4.78, 5) is 36.5. The number of rotatable bonds is 12. The number of amides is 1. The van der Waals surface area contributed by atoms with Crippen LogP contribution in [0.3, 0.4) is 0 Å². The Morgan fingerprint density at radius 3 is 2.51 bits per heavy atom. The first-order valence-corrected chi connectivity index (χ1v) is 15.6. The van der Waals surface area contributed by atoms with Crippen LogP contribution in [0.4, 0.5) is 5.82 Å². The highest BCUT2D eigenvalue weighted by atomic mass is 31.1. The van der Waals surface area contributed by atoms with E-state index in [2.05, 4.69) is 58.7 Å². The number of anilines is 1. The Bertz CT molecular complexity index is 1220. The molecule has 2 heterocycles. The molecule has 0 bridgehead atoms. The average Bonchev–Trinajstić information content (AvgIpc) is 3.28. The van der Waals surface area contributed by atoms with Crippen LogP contribution >= 0.6 is 8.25 Å². The van der Waals surface area contributed by atoms with E-state index in [-0.39, 0.29) is 30.0 Å². The van der Waals surface area contributed by atoms with Crippen LogP contribution in [0.15, 0.2) is 43.0 Å². The number of hydrogen-bond donors (Lipinski definition) is 2. The van der Waals surface area contributed by atoms with Gasteiger partial charge in [0.15, 0.2) is 31.5 Å². The van der Waals surface area contributed by atoms with E-state index in [1.807, 2.05) is 6.07 Å². The zero-order chi connectivity index (χ0) is 27.2. The average molecular weight is 550 g/mol. The van der Waals surface area contributed by atoms with Crippen molar-refractivity contribution in [3.05, 3.63) is 48.5 Å². The number of hydrogen-bond acceptors (Lipinski definition) is 10. The molecule has 2 aromatic heterocycles. The van der Waals surface area contributed by atoms with Gasteiger partial charge in [0.1, 0.15) is 19.0 Å². The Balaban J connectivity index is 1.92. The number of carbonyl (C=O) groups is 1. The van der Waals surface area contributed by atoms with E-state index in [1.165, 1.54) is 12.7 Å². The van der Waals surface area contributed by atoms with E-state index >= 15 is 0 Å². The van der Waals surface area contributed by atoms with Gasteiger partial charge in [0, 0.05) is 5.56 Å². The molecule has 0 aliphatic heterocycles. The van der Waals surface area contributed by atoms with E-state index in [1.54, 1.807) is 28.8 Å². The molecule has 3 aromatic rings. The largest absolute Gasteiger partial charge is 0.566 e. The second-order valence-electron chi connectivity index (χ2n) is 9.85. The van der Waals surface area contributed by atoms with Crippen LogP contribution in [0, 0.1) is 0 Å². The fourth-order valence-electron chi connectivity index (χ4n) is 3.11. The molecule has 12 nitrogen and oxygen atoms in total. The van der Waals surface area contributed by atoms with Crippen molar-refractivity contribution in [1.82, 2.24) is 19.5 Å². The molecule has 0 aliphatic carbocycles. The van der Waals surface area contributed by atoms with Gasteiger partial charge in [-0.05, 0) is 34.8 Å². The SMILES string of the molecule is CC(C)(C)[Si](C)(C)OC[C@@H](O[C@H](CO)CO[P+](=O)[O-])n1cnc2c(NC(=O)c3ccccc3)ncnc21. The van der Waals surface area contributed by atoms with Crippen molar-refractivity contribution in [2.75, 3.05) is 25.1 Å². The molecule has 2 N–H and O–H groups in total. The van der Waals surface area contributed by atoms with Crippen LogP contribution in [0.2, 0.25) is 18.1 Å². The molecule has 0 saturated heterocycles. The van der Waals surface area contributed by atoms with E-state index in [0.29, 0.717) is 16.7 Å². The molecule has 0 fully saturated rings. The van der Waals surface area contributed by atoms with Gasteiger partial charge in [-0.2, -0.15) is 0 Å². The van der Waals surface area contributed by atoms with Gasteiger partial charge < -0.3 is 24.5 Å². The predicted octanol–water partition coefficient (Wildman–Crippen LogP) is 3.01. The normalized spacial score (nSPS) is 14.4. The Morgan fingerprint density at radius 1 is 1.19 bits per heavy atom. The van der Waals surface area contributed by atoms with Gasteiger partial charge in [-0.1, -0.05) is 39.0 Å². The summed E-state index contributed by atoms with van der Waals surface area (Å²) < 4.78 is 29.5. The van der Waals surface area contributed by atoms with Crippen LogP contribution < -0.4 is 10.2 Å². The minimum absolute atomic E-state index is 0.0773. The Labute approximate surface area is 217 Å². The molecule has 14 heteroatoms. The summed E-state index contributed by atoms with van der Waals surface area (Å²) in [5.41, 5.74) is 1.14. The lowest BCUT2D eigenvalue weighted by Gasteiger charge is -2.37. The molecule has 3 rings (SSSR count). The number of aromatic nitrogens is 4. The zero-order valence-electron chi connectivity index (χ0n) is 21.5. The van der Waals surface area contributed by atoms with Gasteiger partial charge in [0.2, 0.25) is 0 Å². The summed E-state index contributed by atoms with van der Waals surface area (Å²) in [6.07, 6.45) is 0.969. The molecule has 3 atom stereocenters. The fourth-order valence-corrected chi connectivity index (χ4v) is 4.39. The van der Waals surface area contributed by atoms with Crippen LogP contribution in [0.25, 0.3) is 11.2 Å². The maximum atomic E-state index is 12.7. The zero-order valence-corrected chi connectivity index (χ0v) is 23.3. The number of benzene rings is 1. The highest BCUT2D eigenvalue weighted by Crippen LogP contribution is 2.37. The molecule has 0 radical (unpaired) electrons. The number of nitrogens with one attached hydrogen (secondary N) is 1. The molecule has 0 saturated carbocycles. The quantitative estimate of drug-likeness (QED) is 0.254. The van der Waals surface area contributed by atoms with Gasteiger partial charge in [-0.15, -0.1) is 4.52 Å². The summed E-state index contributed by atoms with van der Waals surface area (Å²) in [6.45, 7) is 9.71. The molecule has 0 spiro atoms. The first-order valence-electron chi connectivity index (χ1n) is 11.6. The highest BCUT2D eigenvalue weighted by molar-refractivity contribution is 7.30. The third kappa shape index (κ3) is 7.45. The molecular weight excluding hydrogens is 517 g/mol. The van der Waals surface area contributed by atoms with Gasteiger partial charge in [0.25, 0.3) is 5.91 Å². The lowest BCUT2D eigenvalue weighted by molar-refractivity contribution is -0.190. The molecule has 1 aromatic carbocycles. The molecule has 0 aliphatic rings. The number of fused-ring (bicyclic) bond motifs is 1. The number of ether oxygens (including phenoxy) is 1. The maximum Gasteiger partial charge on any atom is 0.488 e. The Kier molecular flexibility index (Phi) is 9.59. The topological polar surface area (TPSA) is 161 Å². The lowest BCUT2D eigenvalue weighted by atomic mass is 10.2. The number of carbonyl (C=O) groups excluding carboxylic acids is 1. The number of nitrogens with zero attached hydrogens (tertiary/aromatic N) is 4. The van der Waals surface area contributed by atoms with Crippen molar-refractivity contribution in [1.29, 1.82) is 0 Å². The fraction of sp³-hybridized carbons (Fsp3) is 0.478. The monoisotopic (exact) mass is 549 g/mol. The summed E-state index contributed by atoms with van der Waals surface area (Å²) in [5, 5.41) is 12.5. The second kappa shape index (κ2) is 12.3. The van der Waals surface area contributed by atoms with Crippen LogP contribution in [0.1, 0.15) is 37.4 Å². The minimum atomic E-state index is -3.11. The molecule has 1 unspecified atom stereocenters. The number of imidazole rings is 1. The van der Waals surface area contributed by atoms with Crippen molar-refractivity contribution in [2.24, 2.45) is 0 Å². The minimum Gasteiger partial charge on any atom is -0.566 e. The number of aliphatic hydroxyl groups excluding tert-OH is 1. The Hall–Kier alpha value is -2.64. The van der Waals surface area contributed by atoms with Crippen molar-refractivity contribution >= 4 is 39.5 Å². The highest BCUT2D eigenvalue weighted by Gasteiger charge is 2.38. The Morgan fingerprint density at radius 2 is 1.89 bits per heavy atom. The van der Waals surface area contributed by atoms with E-state index < -0.39 is 35.5 Å². The summed E-state index contributed by atoms with van der Waals surface area (Å²) in [7, 11) is -5.32. The van der Waals surface area contributed by atoms with Crippen molar-refractivity contribution in [3.63, 3.8) is 0 Å². The first-order chi connectivity index (χ1) is 17.4. The third-order valence-electron chi connectivity index (χ3n) is 6.25. The smallest absolute Gasteiger partial charge is 0.488 e. The van der Waals surface area contributed by atoms with Gasteiger partial charge in [-0.25, -0.2) is 15.0 Å². The predicted molar refractivity (Wildman–Crippen MR) is 137 cm³/mol. The summed E-state index contributed by atoms with van der Waals surface area (Å²) in [5.74, 6) is -0.138. The maximum absolute atomic E-state index is 12.7. The van der Waals surface area contributed by atoms with E-state index in [9.17, 15) is 19.4 Å². The van der Waals surface area contributed by atoms with E-state index in [4.69, 9.17) is 9.16 Å². The first kappa shape index (κ1) is 28.9. The third-order valence-corrected chi connectivity index (χ3v) is 11.1. The van der Waals surface area contributed by atoms with Gasteiger partial charge in [-0.3, -0.25) is 9.36 Å². The van der Waals surface area contributed by atoms with Crippen LogP contribution in [0.5, 0.6) is 0 Å². The van der Waals surface area contributed by atoms with Crippen LogP contribution in [-0.2, 0) is 18.3 Å². The second-order valence-corrected chi connectivity index (χ2v) is 15.4. The lowest BCUT2D eigenvalue weighted by Crippen LogP contribution is -2.43. The van der Waals surface area contributed by atoms with Crippen molar-refractivity contribution < 1.29 is 33.0 Å². The standard InChI is InChI=1S/C23H32N5O7PSi/c1-23(2,3)37(4,5)34-13-18(35-17(11-29)12-33-36(31)32)28-15-26-19-20(24-14-25-21(19)28)27-22(30)16-9-7-6-8-10-16/h6-10,14-15,17-18,29H,11-13H2,1-5H3,(H,24,25,27,30)/t17-,18-/m1/s1.